The van der Waals surface area contributed by atoms with E-state index in [-0.39, 0.29) is 16.9 Å². The molecule has 4 aromatic rings. The zero-order valence-electron chi connectivity index (χ0n) is 19.2. The van der Waals surface area contributed by atoms with Gasteiger partial charge in [0.2, 0.25) is 0 Å². The zero-order chi connectivity index (χ0) is 25.1. The van der Waals surface area contributed by atoms with Crippen LogP contribution in [0, 0.1) is 0 Å². The average molecular weight is 563 g/mol. The maximum Gasteiger partial charge on any atom is 0.289 e. The highest BCUT2D eigenvalue weighted by Crippen LogP contribution is 2.23. The molecule has 1 saturated heterocycles. The molecule has 2 N–H and O–H groups in total. The maximum atomic E-state index is 12.9. The van der Waals surface area contributed by atoms with Crippen LogP contribution in [-0.4, -0.2) is 48.0 Å². The minimum atomic E-state index is -0.277. The molecule has 1 aliphatic heterocycles. The number of para-hydroxylation sites is 1. The van der Waals surface area contributed by atoms with Gasteiger partial charge in [0.15, 0.2) is 10.9 Å². The number of fused-ring (bicyclic) bond motifs is 1. The van der Waals surface area contributed by atoms with E-state index in [1.807, 2.05) is 59.5 Å². The Morgan fingerprint density at radius 3 is 2.36 bits per heavy atom. The van der Waals surface area contributed by atoms with Gasteiger partial charge in [0.1, 0.15) is 5.58 Å². The van der Waals surface area contributed by atoms with E-state index < -0.39 is 0 Å². The number of hydrogen-bond acceptors (Lipinski definition) is 5. The summed E-state index contributed by atoms with van der Waals surface area (Å²) in [5.41, 5.74) is 3.07. The zero-order valence-corrected chi connectivity index (χ0v) is 21.6. The van der Waals surface area contributed by atoms with Crippen molar-refractivity contribution in [2.45, 2.75) is 0 Å². The fraction of sp³-hybridized carbons (Fsp3) is 0.148. The van der Waals surface area contributed by atoms with Gasteiger partial charge in [-0.1, -0.05) is 40.2 Å². The van der Waals surface area contributed by atoms with E-state index in [1.54, 1.807) is 24.3 Å². The number of amides is 2. The number of carbonyl (C=O) groups is 2. The first kappa shape index (κ1) is 24.0. The van der Waals surface area contributed by atoms with E-state index >= 15 is 0 Å². The molecule has 0 spiro atoms. The van der Waals surface area contributed by atoms with Crippen molar-refractivity contribution < 1.29 is 14.0 Å². The number of nitrogens with zero attached hydrogens (tertiary/aromatic N) is 2. The molecule has 0 radical (unpaired) electrons. The van der Waals surface area contributed by atoms with Gasteiger partial charge in [-0.3, -0.25) is 14.9 Å². The van der Waals surface area contributed by atoms with Crippen molar-refractivity contribution in [1.82, 2.24) is 10.2 Å². The Morgan fingerprint density at radius 1 is 0.889 bits per heavy atom. The number of furan rings is 1. The minimum Gasteiger partial charge on any atom is -0.451 e. The third kappa shape index (κ3) is 5.42. The number of halogens is 1. The Hall–Kier alpha value is -3.69. The summed E-state index contributed by atoms with van der Waals surface area (Å²) >= 11 is 8.65. The van der Waals surface area contributed by atoms with Crippen LogP contribution in [0.25, 0.3) is 11.0 Å². The fourth-order valence-electron chi connectivity index (χ4n) is 4.13. The van der Waals surface area contributed by atoms with Gasteiger partial charge in [0.25, 0.3) is 11.8 Å². The predicted octanol–water partition coefficient (Wildman–Crippen LogP) is 5.28. The number of thiocarbonyl (C=S) groups is 1. The number of piperazine rings is 1. The largest absolute Gasteiger partial charge is 0.451 e. The number of hydrogen-bond donors (Lipinski definition) is 2. The lowest BCUT2D eigenvalue weighted by molar-refractivity contribution is 0.0717. The van der Waals surface area contributed by atoms with Crippen LogP contribution in [0.3, 0.4) is 0 Å². The van der Waals surface area contributed by atoms with Gasteiger partial charge in [-0.25, -0.2) is 0 Å². The lowest BCUT2D eigenvalue weighted by Crippen LogP contribution is -2.48. The van der Waals surface area contributed by atoms with Crippen LogP contribution >= 0.6 is 28.1 Å². The molecule has 2 amide bonds. The maximum absolute atomic E-state index is 12.9. The summed E-state index contributed by atoms with van der Waals surface area (Å²) in [6.45, 7) is 2.67. The molecule has 1 aliphatic rings. The van der Waals surface area contributed by atoms with Crippen molar-refractivity contribution in [2.24, 2.45) is 0 Å². The molecule has 0 saturated carbocycles. The molecule has 0 aliphatic carbocycles. The summed E-state index contributed by atoms with van der Waals surface area (Å²) < 4.78 is 6.57. The van der Waals surface area contributed by atoms with Gasteiger partial charge in [-0.15, -0.1) is 0 Å². The monoisotopic (exact) mass is 562 g/mol. The van der Waals surface area contributed by atoms with E-state index in [0.717, 1.165) is 39.9 Å². The van der Waals surface area contributed by atoms with Gasteiger partial charge in [0, 0.05) is 53.0 Å². The summed E-state index contributed by atoms with van der Waals surface area (Å²) in [6, 6.07) is 24.4. The van der Waals surface area contributed by atoms with E-state index in [2.05, 4.69) is 31.5 Å². The molecule has 36 heavy (non-hydrogen) atoms. The number of rotatable bonds is 4. The molecular formula is C27H23BrN4O3S. The molecule has 182 valence electrons. The van der Waals surface area contributed by atoms with Gasteiger partial charge in [-0.2, -0.15) is 0 Å². The van der Waals surface area contributed by atoms with Crippen LogP contribution in [-0.2, 0) is 0 Å². The van der Waals surface area contributed by atoms with Gasteiger partial charge in [0.05, 0.1) is 0 Å². The van der Waals surface area contributed by atoms with Gasteiger partial charge < -0.3 is 19.5 Å². The van der Waals surface area contributed by atoms with E-state index in [0.29, 0.717) is 24.4 Å². The highest BCUT2D eigenvalue weighted by Gasteiger charge is 2.24. The van der Waals surface area contributed by atoms with Crippen LogP contribution < -0.4 is 15.5 Å². The van der Waals surface area contributed by atoms with Gasteiger partial charge in [-0.05, 0) is 66.8 Å². The van der Waals surface area contributed by atoms with Crippen molar-refractivity contribution in [1.29, 1.82) is 0 Å². The first-order valence-electron chi connectivity index (χ1n) is 11.5. The molecule has 9 heteroatoms. The summed E-state index contributed by atoms with van der Waals surface area (Å²) in [5.74, 6) is 0.0207. The smallest absolute Gasteiger partial charge is 0.289 e. The lowest BCUT2D eigenvalue weighted by Gasteiger charge is -2.35. The standard InChI is InChI=1S/C27H23BrN4O3S/c28-20-6-3-5-19(16-20)25(33)30-27(36)29-21-8-10-22(11-9-21)31-12-14-32(15-13-31)26(34)24-17-18-4-1-2-7-23(18)35-24/h1-11,16-17H,12-15H2,(H2,29,30,33,36). The van der Waals surface area contributed by atoms with E-state index in [9.17, 15) is 9.59 Å². The number of carbonyl (C=O) groups excluding carboxylic acids is 2. The predicted molar refractivity (Wildman–Crippen MR) is 149 cm³/mol. The molecule has 5 rings (SSSR count). The van der Waals surface area contributed by atoms with E-state index in [1.165, 1.54) is 0 Å². The summed E-state index contributed by atoms with van der Waals surface area (Å²) in [6.07, 6.45) is 0. The number of nitrogens with one attached hydrogen (secondary N) is 2. The van der Waals surface area contributed by atoms with Crippen molar-refractivity contribution >= 4 is 67.4 Å². The second-order valence-corrected chi connectivity index (χ2v) is 9.72. The second-order valence-electron chi connectivity index (χ2n) is 8.39. The lowest BCUT2D eigenvalue weighted by atomic mass is 10.2. The molecule has 0 unspecified atom stereocenters. The van der Waals surface area contributed by atoms with Gasteiger partial charge >= 0.3 is 0 Å². The SMILES string of the molecule is O=C(NC(=S)Nc1ccc(N2CCN(C(=O)c3cc4ccccc4o3)CC2)cc1)c1cccc(Br)c1. The summed E-state index contributed by atoms with van der Waals surface area (Å²) in [4.78, 5) is 29.3. The van der Waals surface area contributed by atoms with Crippen LogP contribution in [0.5, 0.6) is 0 Å². The van der Waals surface area contributed by atoms with Crippen molar-refractivity contribution in [3.05, 3.63) is 94.7 Å². The molecule has 7 nitrogen and oxygen atoms in total. The molecule has 1 fully saturated rings. The molecule has 0 atom stereocenters. The highest BCUT2D eigenvalue weighted by molar-refractivity contribution is 9.10. The molecule has 1 aromatic heterocycles. The third-order valence-corrected chi connectivity index (χ3v) is 6.70. The summed E-state index contributed by atoms with van der Waals surface area (Å²) in [7, 11) is 0. The number of anilines is 2. The first-order valence-corrected chi connectivity index (χ1v) is 12.7. The molecular weight excluding hydrogens is 540 g/mol. The molecule has 2 heterocycles. The van der Waals surface area contributed by atoms with Crippen LogP contribution in [0.15, 0.2) is 87.8 Å². The van der Waals surface area contributed by atoms with Crippen LogP contribution in [0.2, 0.25) is 0 Å². The molecule has 3 aromatic carbocycles. The molecule has 0 bridgehead atoms. The van der Waals surface area contributed by atoms with Crippen LogP contribution in [0.4, 0.5) is 11.4 Å². The van der Waals surface area contributed by atoms with Crippen molar-refractivity contribution in [3.8, 4) is 0 Å². The van der Waals surface area contributed by atoms with Crippen molar-refractivity contribution in [2.75, 3.05) is 36.4 Å². The summed E-state index contributed by atoms with van der Waals surface area (Å²) in [5, 5.41) is 6.89. The fourth-order valence-corrected chi connectivity index (χ4v) is 4.74. The highest BCUT2D eigenvalue weighted by atomic mass is 79.9. The Kier molecular flexibility index (Phi) is 7.02. The number of benzene rings is 3. The Balaban J connectivity index is 1.13. The van der Waals surface area contributed by atoms with Crippen LogP contribution in [0.1, 0.15) is 20.9 Å². The quantitative estimate of drug-likeness (QED) is 0.329. The van der Waals surface area contributed by atoms with Crippen molar-refractivity contribution in [3.63, 3.8) is 0 Å². The average Bonchev–Trinajstić information content (AvgIpc) is 3.33. The first-order chi connectivity index (χ1) is 17.5. The second kappa shape index (κ2) is 10.5. The third-order valence-electron chi connectivity index (χ3n) is 6.01. The van der Waals surface area contributed by atoms with E-state index in [4.69, 9.17) is 16.6 Å². The Morgan fingerprint density at radius 2 is 1.64 bits per heavy atom. The topological polar surface area (TPSA) is 77.8 Å². The Bertz CT molecular complexity index is 1400. The normalized spacial score (nSPS) is 13.5. The Labute approximate surface area is 222 Å². The minimum absolute atomic E-state index is 0.0798.